The maximum atomic E-state index is 5.63. The van der Waals surface area contributed by atoms with Crippen molar-refractivity contribution in [1.29, 1.82) is 0 Å². The zero-order chi connectivity index (χ0) is 9.35. The van der Waals surface area contributed by atoms with Gasteiger partial charge in [0.15, 0.2) is 17.6 Å². The van der Waals surface area contributed by atoms with Crippen LogP contribution in [0.1, 0.15) is 20.3 Å². The Bertz CT molecular complexity index is 227. The van der Waals surface area contributed by atoms with Crippen LogP contribution in [0.15, 0.2) is 9.98 Å². The van der Waals surface area contributed by atoms with Crippen LogP contribution in [0.2, 0.25) is 0 Å². The molecule has 0 aromatic carbocycles. The van der Waals surface area contributed by atoms with E-state index in [1.807, 2.05) is 13.8 Å². The lowest BCUT2D eigenvalue weighted by molar-refractivity contribution is 0.448. The van der Waals surface area contributed by atoms with Crippen molar-refractivity contribution >= 4 is 24.3 Å². The van der Waals surface area contributed by atoms with Gasteiger partial charge in [0, 0.05) is 7.05 Å². The molecule has 0 atom stereocenters. The highest BCUT2D eigenvalue weighted by Crippen LogP contribution is 2.19. The lowest BCUT2D eigenvalue weighted by atomic mass is 10.1. The van der Waals surface area contributed by atoms with E-state index in [9.17, 15) is 0 Å². The van der Waals surface area contributed by atoms with Crippen LogP contribution in [0.5, 0.6) is 0 Å². The number of aliphatic imine (C=N–C) groups is 2. The highest BCUT2D eigenvalue weighted by molar-refractivity contribution is 5.98. The summed E-state index contributed by atoms with van der Waals surface area (Å²) in [6, 6.07) is 0. The summed E-state index contributed by atoms with van der Waals surface area (Å²) in [6.45, 7) is 3.90. The summed E-state index contributed by atoms with van der Waals surface area (Å²) >= 11 is 0. The van der Waals surface area contributed by atoms with Gasteiger partial charge in [0.25, 0.3) is 0 Å². The van der Waals surface area contributed by atoms with E-state index in [4.69, 9.17) is 11.5 Å². The smallest absolute Gasteiger partial charge is 0.200 e. The second-order valence-corrected chi connectivity index (χ2v) is 3.07. The van der Waals surface area contributed by atoms with Gasteiger partial charge in [-0.25, -0.2) is 9.98 Å². The first-order chi connectivity index (χ1) is 5.48. The van der Waals surface area contributed by atoms with Crippen LogP contribution < -0.4 is 11.5 Å². The Morgan fingerprint density at radius 1 is 1.31 bits per heavy atom. The summed E-state index contributed by atoms with van der Waals surface area (Å²) in [5.74, 6) is 0.846. The first-order valence-corrected chi connectivity index (χ1v) is 3.93. The summed E-state index contributed by atoms with van der Waals surface area (Å²) in [6.07, 6.45) is 0.794. The van der Waals surface area contributed by atoms with Crippen LogP contribution in [-0.2, 0) is 0 Å². The molecule has 0 saturated heterocycles. The van der Waals surface area contributed by atoms with Crippen LogP contribution in [0.4, 0.5) is 0 Å². The van der Waals surface area contributed by atoms with Gasteiger partial charge in [-0.2, -0.15) is 0 Å². The molecule has 0 unspecified atom stereocenters. The third kappa shape index (κ3) is 2.24. The molecule has 0 radical (unpaired) electrons. The van der Waals surface area contributed by atoms with Crippen molar-refractivity contribution in [3.63, 3.8) is 0 Å². The van der Waals surface area contributed by atoms with Crippen molar-refractivity contribution in [2.24, 2.45) is 21.5 Å². The maximum Gasteiger partial charge on any atom is 0.200 e. The van der Waals surface area contributed by atoms with Gasteiger partial charge in [-0.05, 0) is 13.3 Å². The monoisotopic (exact) mass is 205 g/mol. The third-order valence-corrected chi connectivity index (χ3v) is 2.07. The molecule has 1 heterocycles. The summed E-state index contributed by atoms with van der Waals surface area (Å²) in [5, 5.41) is 0. The topological polar surface area (TPSA) is 80.0 Å². The number of nitrogens with two attached hydrogens (primary N) is 2. The molecular formula is C7H16ClN5. The minimum atomic E-state index is -0.472. The number of hydrogen-bond donors (Lipinski definition) is 2. The lowest BCUT2D eigenvalue weighted by Crippen LogP contribution is -2.49. The molecule has 5 nitrogen and oxygen atoms in total. The molecule has 76 valence electrons. The zero-order valence-corrected chi connectivity index (χ0v) is 8.93. The largest absolute Gasteiger partial charge is 0.369 e. The van der Waals surface area contributed by atoms with Gasteiger partial charge in [0.1, 0.15) is 0 Å². The van der Waals surface area contributed by atoms with Gasteiger partial charge in [-0.15, -0.1) is 12.4 Å². The molecule has 1 aliphatic rings. The van der Waals surface area contributed by atoms with Gasteiger partial charge in [-0.3, -0.25) is 4.90 Å². The van der Waals surface area contributed by atoms with E-state index in [0.29, 0.717) is 11.9 Å². The second-order valence-electron chi connectivity index (χ2n) is 3.07. The van der Waals surface area contributed by atoms with Gasteiger partial charge < -0.3 is 11.5 Å². The minimum Gasteiger partial charge on any atom is -0.369 e. The number of halogens is 1. The number of nitrogens with zero attached hydrogens (tertiary/aromatic N) is 3. The Hall–Kier alpha value is -0.970. The van der Waals surface area contributed by atoms with E-state index in [1.54, 1.807) is 11.9 Å². The Morgan fingerprint density at radius 2 is 1.69 bits per heavy atom. The van der Waals surface area contributed by atoms with Crippen molar-refractivity contribution < 1.29 is 0 Å². The molecule has 6 heteroatoms. The van der Waals surface area contributed by atoms with Crippen molar-refractivity contribution in [2.75, 3.05) is 7.05 Å². The van der Waals surface area contributed by atoms with Crippen LogP contribution in [0.25, 0.3) is 0 Å². The highest BCUT2D eigenvalue weighted by atomic mass is 35.5. The highest BCUT2D eigenvalue weighted by Gasteiger charge is 2.26. The molecule has 1 rings (SSSR count). The van der Waals surface area contributed by atoms with Crippen molar-refractivity contribution in [3.8, 4) is 0 Å². The molecule has 0 aliphatic carbocycles. The molecule has 1 aliphatic heterocycles. The molecule has 0 aromatic heterocycles. The Kier molecular flexibility index (Phi) is 3.54. The SMILES string of the molecule is CCC1(C)N=C(N)N(C)C(N)=N1.Cl. The van der Waals surface area contributed by atoms with Crippen LogP contribution in [0.3, 0.4) is 0 Å². The molecule has 13 heavy (non-hydrogen) atoms. The van der Waals surface area contributed by atoms with Crippen LogP contribution >= 0.6 is 12.4 Å². The molecule has 0 spiro atoms. The van der Waals surface area contributed by atoms with E-state index < -0.39 is 5.66 Å². The number of guanidine groups is 2. The fourth-order valence-corrected chi connectivity index (χ4v) is 0.944. The lowest BCUT2D eigenvalue weighted by Gasteiger charge is -2.29. The fourth-order valence-electron chi connectivity index (χ4n) is 0.944. The van der Waals surface area contributed by atoms with E-state index in [1.165, 1.54) is 0 Å². The fraction of sp³-hybridized carbons (Fsp3) is 0.714. The van der Waals surface area contributed by atoms with Gasteiger partial charge >= 0.3 is 0 Å². The van der Waals surface area contributed by atoms with E-state index >= 15 is 0 Å². The Balaban J connectivity index is 0.00000144. The summed E-state index contributed by atoms with van der Waals surface area (Å²) in [5.41, 5.74) is 10.8. The third-order valence-electron chi connectivity index (χ3n) is 2.07. The molecular weight excluding hydrogens is 190 g/mol. The first kappa shape index (κ1) is 12.0. The quantitative estimate of drug-likeness (QED) is 0.638. The van der Waals surface area contributed by atoms with E-state index in [0.717, 1.165) is 6.42 Å². The average molecular weight is 206 g/mol. The molecule has 0 aromatic rings. The van der Waals surface area contributed by atoms with Crippen molar-refractivity contribution in [1.82, 2.24) is 4.90 Å². The summed E-state index contributed by atoms with van der Waals surface area (Å²) in [4.78, 5) is 10.0. The van der Waals surface area contributed by atoms with Crippen LogP contribution in [-0.4, -0.2) is 29.5 Å². The predicted octanol–water partition coefficient (Wildman–Crippen LogP) is 0.109. The van der Waals surface area contributed by atoms with Gasteiger partial charge in [0.2, 0.25) is 0 Å². The van der Waals surface area contributed by atoms with Crippen LogP contribution in [0, 0.1) is 0 Å². The van der Waals surface area contributed by atoms with Gasteiger partial charge in [0.05, 0.1) is 0 Å². The Morgan fingerprint density at radius 3 is 2.00 bits per heavy atom. The predicted molar refractivity (Wildman–Crippen MR) is 57.0 cm³/mol. The summed E-state index contributed by atoms with van der Waals surface area (Å²) in [7, 11) is 1.74. The molecule has 0 amide bonds. The molecule has 0 bridgehead atoms. The molecule has 0 saturated carbocycles. The molecule has 0 fully saturated rings. The summed E-state index contributed by atoms with van der Waals surface area (Å²) < 4.78 is 0. The van der Waals surface area contributed by atoms with Crippen molar-refractivity contribution in [2.45, 2.75) is 25.9 Å². The first-order valence-electron chi connectivity index (χ1n) is 3.93. The van der Waals surface area contributed by atoms with Crippen molar-refractivity contribution in [3.05, 3.63) is 0 Å². The number of rotatable bonds is 1. The van der Waals surface area contributed by atoms with E-state index in [2.05, 4.69) is 9.98 Å². The number of hydrogen-bond acceptors (Lipinski definition) is 5. The Labute approximate surface area is 84.3 Å². The average Bonchev–Trinajstić information content (AvgIpc) is 2.00. The minimum absolute atomic E-state index is 0. The van der Waals surface area contributed by atoms with E-state index in [-0.39, 0.29) is 12.4 Å². The second kappa shape index (κ2) is 3.83. The standard InChI is InChI=1S/C7H15N5.ClH/c1-4-7(2)10-5(8)12(3)6(9)11-7;/h4H2,1-3H3,(H2,8,10)(H2,9,11);1H. The normalized spacial score (nSPS) is 20.1. The zero-order valence-electron chi connectivity index (χ0n) is 8.11. The van der Waals surface area contributed by atoms with Gasteiger partial charge in [-0.1, -0.05) is 6.92 Å². The molecule has 4 N–H and O–H groups in total. The maximum absolute atomic E-state index is 5.63.